The van der Waals surface area contributed by atoms with E-state index in [-0.39, 0.29) is 24.2 Å². The molecule has 3 atom stereocenters. The van der Waals surface area contributed by atoms with E-state index in [1.54, 1.807) is 13.0 Å². The topological polar surface area (TPSA) is 132 Å². The standard InChI is InChI=1S/C23H20F4N6O4/c1-10-5-12-16(8-29-10)32(31-20(12)21(28)35)9-18(34)33-14-6-11(14)7-15(33)22(36)30-13-3-2-4-17(19(13)24)37-23(25,26)27/h2-5,8,11,14-15H,6-7,9H2,1H3,(H2,28,35)(H,30,36). The molecule has 10 nitrogen and oxygen atoms in total. The smallest absolute Gasteiger partial charge is 0.403 e. The first kappa shape index (κ1) is 24.5. The zero-order chi connectivity index (χ0) is 26.6. The fourth-order valence-corrected chi connectivity index (χ4v) is 4.76. The summed E-state index contributed by atoms with van der Waals surface area (Å²) in [6.45, 7) is 1.41. The van der Waals surface area contributed by atoms with Crippen LogP contribution in [-0.2, 0) is 16.1 Å². The number of alkyl halides is 3. The van der Waals surface area contributed by atoms with Crippen LogP contribution in [0.4, 0.5) is 23.2 Å². The number of nitrogens with one attached hydrogen (secondary N) is 1. The summed E-state index contributed by atoms with van der Waals surface area (Å²) in [4.78, 5) is 43.7. The number of halogens is 4. The Hall–Kier alpha value is -4.23. The van der Waals surface area contributed by atoms with Gasteiger partial charge in [-0.3, -0.25) is 24.0 Å². The number of benzene rings is 1. The van der Waals surface area contributed by atoms with Gasteiger partial charge in [-0.1, -0.05) is 6.07 Å². The van der Waals surface area contributed by atoms with Crippen molar-refractivity contribution in [1.82, 2.24) is 19.7 Å². The lowest BCUT2D eigenvalue weighted by Crippen LogP contribution is -2.46. The number of aryl methyl sites for hydroxylation is 1. The summed E-state index contributed by atoms with van der Waals surface area (Å²) in [7, 11) is 0. The number of aromatic nitrogens is 3. The predicted octanol–water partition coefficient (Wildman–Crippen LogP) is 2.50. The van der Waals surface area contributed by atoms with Crippen molar-refractivity contribution in [3.63, 3.8) is 0 Å². The third kappa shape index (κ3) is 4.66. The van der Waals surface area contributed by atoms with Crippen molar-refractivity contribution in [3.8, 4) is 5.75 Å². The van der Waals surface area contributed by atoms with E-state index in [0.717, 1.165) is 18.2 Å². The Morgan fingerprint density at radius 3 is 2.70 bits per heavy atom. The first-order chi connectivity index (χ1) is 17.4. The molecule has 5 rings (SSSR count). The van der Waals surface area contributed by atoms with E-state index in [1.807, 2.05) is 0 Å². The van der Waals surface area contributed by atoms with Gasteiger partial charge >= 0.3 is 6.36 Å². The van der Waals surface area contributed by atoms with Crippen LogP contribution in [0.25, 0.3) is 10.9 Å². The number of carbonyl (C=O) groups excluding carboxylic acids is 3. The molecule has 1 saturated carbocycles. The fourth-order valence-electron chi connectivity index (χ4n) is 4.76. The molecular formula is C23H20F4N6O4. The van der Waals surface area contributed by atoms with Crippen LogP contribution in [0.3, 0.4) is 0 Å². The molecule has 3 N–H and O–H groups in total. The quantitative estimate of drug-likeness (QED) is 0.480. The summed E-state index contributed by atoms with van der Waals surface area (Å²) >= 11 is 0. The number of anilines is 1. The third-order valence-corrected chi connectivity index (χ3v) is 6.43. The van der Waals surface area contributed by atoms with Crippen LogP contribution in [0.2, 0.25) is 0 Å². The lowest BCUT2D eigenvalue weighted by Gasteiger charge is -2.27. The summed E-state index contributed by atoms with van der Waals surface area (Å²) in [5.74, 6) is -4.40. The van der Waals surface area contributed by atoms with Crippen LogP contribution in [0.1, 0.15) is 29.0 Å². The van der Waals surface area contributed by atoms with Gasteiger partial charge in [0.25, 0.3) is 5.91 Å². The Labute approximate surface area is 206 Å². The number of likely N-dealkylation sites (tertiary alicyclic amines) is 1. The average Bonchev–Trinajstić information content (AvgIpc) is 3.32. The normalized spacial score (nSPS) is 20.6. The summed E-state index contributed by atoms with van der Waals surface area (Å²) in [5.41, 5.74) is 5.93. The number of amides is 3. The van der Waals surface area contributed by atoms with Gasteiger partial charge < -0.3 is 20.7 Å². The number of piperidine rings is 1. The average molecular weight is 520 g/mol. The summed E-state index contributed by atoms with van der Waals surface area (Å²) in [6.07, 6.45) is -2.65. The minimum absolute atomic E-state index is 0.0234. The molecule has 2 aromatic heterocycles. The van der Waals surface area contributed by atoms with E-state index < -0.39 is 47.4 Å². The number of hydrogen-bond donors (Lipinski definition) is 2. The molecule has 3 heterocycles. The second kappa shape index (κ2) is 8.71. The Bertz CT molecular complexity index is 1440. The van der Waals surface area contributed by atoms with Crippen molar-refractivity contribution in [2.75, 3.05) is 5.32 Å². The first-order valence-corrected chi connectivity index (χ1v) is 11.2. The molecule has 2 aliphatic rings. The second-order valence-corrected chi connectivity index (χ2v) is 8.98. The van der Waals surface area contributed by atoms with Gasteiger partial charge in [0, 0.05) is 17.1 Å². The van der Waals surface area contributed by atoms with Crippen molar-refractivity contribution < 1.29 is 36.7 Å². The van der Waals surface area contributed by atoms with E-state index in [0.29, 0.717) is 29.4 Å². The van der Waals surface area contributed by atoms with Crippen molar-refractivity contribution in [1.29, 1.82) is 0 Å². The molecule has 14 heteroatoms. The van der Waals surface area contributed by atoms with Crippen molar-refractivity contribution in [2.24, 2.45) is 11.7 Å². The number of ether oxygens (including phenoxy) is 1. The number of pyridine rings is 1. The van der Waals surface area contributed by atoms with Crippen molar-refractivity contribution >= 4 is 34.3 Å². The predicted molar refractivity (Wildman–Crippen MR) is 120 cm³/mol. The Morgan fingerprint density at radius 1 is 1.24 bits per heavy atom. The minimum Gasteiger partial charge on any atom is -0.403 e. The van der Waals surface area contributed by atoms with Gasteiger partial charge in [0.1, 0.15) is 12.6 Å². The molecule has 0 bridgehead atoms. The highest BCUT2D eigenvalue weighted by molar-refractivity contribution is 6.04. The molecule has 194 valence electrons. The Morgan fingerprint density at radius 2 is 2.00 bits per heavy atom. The first-order valence-electron chi connectivity index (χ1n) is 11.2. The van der Waals surface area contributed by atoms with Crippen LogP contribution in [0.5, 0.6) is 5.75 Å². The maximum absolute atomic E-state index is 14.5. The van der Waals surface area contributed by atoms with Crippen molar-refractivity contribution in [3.05, 3.63) is 47.7 Å². The highest BCUT2D eigenvalue weighted by Crippen LogP contribution is 2.48. The van der Waals surface area contributed by atoms with Gasteiger partial charge in [-0.05, 0) is 43.9 Å². The molecule has 1 aliphatic carbocycles. The highest BCUT2D eigenvalue weighted by atomic mass is 19.4. The zero-order valence-corrected chi connectivity index (χ0v) is 19.3. The van der Waals surface area contributed by atoms with Crippen LogP contribution in [0, 0.1) is 18.7 Å². The number of hydrogen-bond acceptors (Lipinski definition) is 6. The molecule has 1 aromatic carbocycles. The number of carbonyl (C=O) groups is 3. The van der Waals surface area contributed by atoms with Gasteiger partial charge in [0.2, 0.25) is 11.8 Å². The van der Waals surface area contributed by atoms with E-state index in [1.165, 1.54) is 15.8 Å². The van der Waals surface area contributed by atoms with Crippen molar-refractivity contribution in [2.45, 2.75) is 44.8 Å². The van der Waals surface area contributed by atoms with Crippen LogP contribution in [-0.4, -0.2) is 55.8 Å². The van der Waals surface area contributed by atoms with Crippen LogP contribution >= 0.6 is 0 Å². The van der Waals surface area contributed by atoms with Gasteiger partial charge in [-0.15, -0.1) is 13.2 Å². The molecule has 1 aliphatic heterocycles. The Kier molecular flexibility index (Phi) is 5.76. The molecular weight excluding hydrogens is 500 g/mol. The van der Waals surface area contributed by atoms with Gasteiger partial charge in [0.05, 0.1) is 17.4 Å². The number of nitrogens with zero attached hydrogens (tertiary/aromatic N) is 4. The molecule has 0 spiro atoms. The zero-order valence-electron chi connectivity index (χ0n) is 19.3. The number of fused-ring (bicyclic) bond motifs is 2. The Balaban J connectivity index is 1.36. The molecule has 3 unspecified atom stereocenters. The van der Waals surface area contributed by atoms with E-state index in [2.05, 4.69) is 20.1 Å². The summed E-state index contributed by atoms with van der Waals surface area (Å²) in [6, 6.07) is 3.42. The second-order valence-electron chi connectivity index (χ2n) is 8.98. The maximum Gasteiger partial charge on any atom is 0.573 e. The lowest BCUT2D eigenvalue weighted by atomic mass is 10.1. The molecule has 0 radical (unpaired) electrons. The van der Waals surface area contributed by atoms with Crippen LogP contribution < -0.4 is 15.8 Å². The molecule has 1 saturated heterocycles. The summed E-state index contributed by atoms with van der Waals surface area (Å²) in [5, 5.41) is 6.88. The molecule has 2 fully saturated rings. The van der Waals surface area contributed by atoms with Gasteiger partial charge in [-0.2, -0.15) is 5.10 Å². The fraction of sp³-hybridized carbons (Fsp3) is 0.348. The van der Waals surface area contributed by atoms with Gasteiger partial charge in [0.15, 0.2) is 17.3 Å². The molecule has 37 heavy (non-hydrogen) atoms. The number of primary amides is 1. The summed E-state index contributed by atoms with van der Waals surface area (Å²) < 4.78 is 57.1. The third-order valence-electron chi connectivity index (χ3n) is 6.43. The maximum atomic E-state index is 14.5. The highest BCUT2D eigenvalue weighted by Gasteiger charge is 2.56. The van der Waals surface area contributed by atoms with E-state index in [9.17, 15) is 31.9 Å². The van der Waals surface area contributed by atoms with Gasteiger partial charge in [-0.25, -0.2) is 4.39 Å². The molecule has 3 amide bonds. The largest absolute Gasteiger partial charge is 0.573 e. The lowest BCUT2D eigenvalue weighted by molar-refractivity contribution is -0.275. The number of rotatable bonds is 6. The SMILES string of the molecule is Cc1cc2c(C(N)=O)nn(CC(=O)N3C(C(=O)Nc4cccc(OC(F)(F)F)c4F)CC4CC43)c2cn1. The van der Waals surface area contributed by atoms with Crippen LogP contribution in [0.15, 0.2) is 30.5 Å². The number of nitrogens with two attached hydrogens (primary N) is 1. The molecule has 3 aromatic rings. The minimum atomic E-state index is -5.11. The van der Waals surface area contributed by atoms with E-state index in [4.69, 9.17) is 5.73 Å². The van der Waals surface area contributed by atoms with E-state index >= 15 is 0 Å². The monoisotopic (exact) mass is 520 g/mol.